The molecule has 0 aromatic heterocycles. The van der Waals surface area contributed by atoms with Crippen LogP contribution in [0.25, 0.3) is 0 Å². The second-order valence-electron chi connectivity index (χ2n) is 7.09. The van der Waals surface area contributed by atoms with Gasteiger partial charge >= 0.3 is 0 Å². The van der Waals surface area contributed by atoms with Gasteiger partial charge in [0.1, 0.15) is 5.75 Å². The molecule has 0 saturated heterocycles. The highest BCUT2D eigenvalue weighted by Gasteiger charge is 2.27. The van der Waals surface area contributed by atoms with Crippen molar-refractivity contribution in [1.29, 1.82) is 0 Å². The van der Waals surface area contributed by atoms with Crippen LogP contribution in [0.5, 0.6) is 5.75 Å². The van der Waals surface area contributed by atoms with Gasteiger partial charge in [-0.3, -0.25) is 0 Å². The zero-order valence-electron chi connectivity index (χ0n) is 13.9. The van der Waals surface area contributed by atoms with E-state index in [0.29, 0.717) is 23.5 Å². The molecule has 1 saturated carbocycles. The number of aromatic hydroxyl groups is 1. The largest absolute Gasteiger partial charge is 0.508 e. The van der Waals surface area contributed by atoms with E-state index >= 15 is 0 Å². The number of hydrogen-bond acceptors (Lipinski definition) is 1. The maximum absolute atomic E-state index is 10.3. The van der Waals surface area contributed by atoms with Gasteiger partial charge in [-0.15, -0.1) is 0 Å². The fraction of sp³-hybridized carbons (Fsp3) is 0.700. The predicted molar refractivity (Wildman–Crippen MR) is 90.7 cm³/mol. The molecule has 0 bridgehead atoms. The molecule has 1 fully saturated rings. The monoisotopic (exact) mass is 288 g/mol. The lowest BCUT2D eigenvalue weighted by molar-refractivity contribution is 0.289. The average Bonchev–Trinajstić information content (AvgIpc) is 2.46. The van der Waals surface area contributed by atoms with Crippen LogP contribution in [0.2, 0.25) is 0 Å². The first-order valence-corrected chi connectivity index (χ1v) is 8.98. The van der Waals surface area contributed by atoms with Crippen molar-refractivity contribution >= 4 is 0 Å². The third kappa shape index (κ3) is 4.76. The molecule has 1 aromatic carbocycles. The molecule has 2 unspecified atom stereocenters. The summed E-state index contributed by atoms with van der Waals surface area (Å²) in [5, 5.41) is 10.3. The Balaban J connectivity index is 2.16. The summed E-state index contributed by atoms with van der Waals surface area (Å²) in [6.07, 6.45) is 12.3. The summed E-state index contributed by atoms with van der Waals surface area (Å²) >= 11 is 0. The quantitative estimate of drug-likeness (QED) is 0.645. The summed E-state index contributed by atoms with van der Waals surface area (Å²) in [5.74, 6) is 2.32. The Morgan fingerprint density at radius 3 is 1.76 bits per heavy atom. The second-order valence-corrected chi connectivity index (χ2v) is 7.09. The van der Waals surface area contributed by atoms with Gasteiger partial charge in [0.05, 0.1) is 0 Å². The molecule has 0 spiro atoms. The van der Waals surface area contributed by atoms with Crippen molar-refractivity contribution in [2.45, 2.75) is 77.6 Å². The van der Waals surface area contributed by atoms with Crippen molar-refractivity contribution in [3.05, 3.63) is 29.8 Å². The van der Waals surface area contributed by atoms with E-state index in [4.69, 9.17) is 0 Å². The second kappa shape index (κ2) is 8.46. The summed E-state index contributed by atoms with van der Waals surface area (Å²) in [6, 6.07) is 8.00. The van der Waals surface area contributed by atoms with Gasteiger partial charge in [-0.1, -0.05) is 89.8 Å². The van der Waals surface area contributed by atoms with Crippen molar-refractivity contribution < 1.29 is 5.11 Å². The minimum Gasteiger partial charge on any atom is -0.508 e. The van der Waals surface area contributed by atoms with Crippen LogP contribution in [0, 0.1) is 11.8 Å². The number of phenols is 1. The van der Waals surface area contributed by atoms with Crippen LogP contribution < -0.4 is 0 Å². The smallest absolute Gasteiger partial charge is 0.119 e. The Bertz CT molecular complexity index is 396. The summed E-state index contributed by atoms with van der Waals surface area (Å²) < 4.78 is 0. The van der Waals surface area contributed by atoms with Crippen LogP contribution in [0.1, 0.15) is 83.1 Å². The van der Waals surface area contributed by atoms with Crippen molar-refractivity contribution in [1.82, 2.24) is 0 Å². The van der Waals surface area contributed by atoms with Gasteiger partial charge in [0, 0.05) is 0 Å². The number of rotatable bonds is 1. The van der Waals surface area contributed by atoms with E-state index < -0.39 is 0 Å². The number of para-hydroxylation sites is 1. The van der Waals surface area contributed by atoms with E-state index in [0.717, 1.165) is 0 Å². The molecular formula is C20H32O. The predicted octanol–water partition coefficient (Wildman–Crippen LogP) is 6.27. The molecule has 1 heteroatoms. The summed E-state index contributed by atoms with van der Waals surface area (Å²) in [5.41, 5.74) is 1.18. The van der Waals surface area contributed by atoms with Gasteiger partial charge < -0.3 is 5.11 Å². The third-order valence-electron chi connectivity index (χ3n) is 5.34. The highest BCUT2D eigenvalue weighted by atomic mass is 16.3. The van der Waals surface area contributed by atoms with Gasteiger partial charge in [0.2, 0.25) is 0 Å². The third-order valence-corrected chi connectivity index (χ3v) is 5.34. The standard InChI is InChI=1S/C20H32O/c1-16-12-8-6-4-3-5-7-9-13-17(2)20(16)18-14-10-11-15-19(18)21/h10-11,14-17,20-21H,3-9,12-13H2,1-2H3. The Hall–Kier alpha value is -0.980. The lowest BCUT2D eigenvalue weighted by Gasteiger charge is -2.31. The molecule has 2 atom stereocenters. The van der Waals surface area contributed by atoms with Gasteiger partial charge in [-0.25, -0.2) is 0 Å². The molecule has 0 radical (unpaired) electrons. The Morgan fingerprint density at radius 2 is 1.24 bits per heavy atom. The molecule has 2 rings (SSSR count). The van der Waals surface area contributed by atoms with E-state index in [1.54, 1.807) is 0 Å². The van der Waals surface area contributed by atoms with Crippen LogP contribution in [0.3, 0.4) is 0 Å². The van der Waals surface area contributed by atoms with Crippen molar-refractivity contribution in [2.75, 3.05) is 0 Å². The maximum atomic E-state index is 10.3. The normalized spacial score (nSPS) is 29.3. The lowest BCUT2D eigenvalue weighted by atomic mass is 9.74. The van der Waals surface area contributed by atoms with Crippen LogP contribution in [0.4, 0.5) is 0 Å². The van der Waals surface area contributed by atoms with Crippen LogP contribution in [-0.4, -0.2) is 5.11 Å². The molecule has 21 heavy (non-hydrogen) atoms. The molecule has 1 aromatic rings. The minimum absolute atomic E-state index is 0.494. The zero-order valence-corrected chi connectivity index (χ0v) is 13.9. The van der Waals surface area contributed by atoms with Crippen molar-refractivity contribution in [3.8, 4) is 5.75 Å². The van der Waals surface area contributed by atoms with E-state index in [1.165, 1.54) is 63.4 Å². The zero-order chi connectivity index (χ0) is 15.1. The molecular weight excluding hydrogens is 256 g/mol. The molecule has 0 amide bonds. The summed E-state index contributed by atoms with van der Waals surface area (Å²) in [4.78, 5) is 0. The lowest BCUT2D eigenvalue weighted by Crippen LogP contribution is -2.18. The summed E-state index contributed by atoms with van der Waals surface area (Å²) in [7, 11) is 0. The fourth-order valence-corrected chi connectivity index (χ4v) is 4.12. The molecule has 1 N–H and O–H groups in total. The number of benzene rings is 1. The van der Waals surface area contributed by atoms with Gasteiger partial charge in [0.25, 0.3) is 0 Å². The Morgan fingerprint density at radius 1 is 0.762 bits per heavy atom. The first-order valence-electron chi connectivity index (χ1n) is 8.98. The van der Waals surface area contributed by atoms with E-state index in [9.17, 15) is 5.11 Å². The number of hydrogen-bond donors (Lipinski definition) is 1. The topological polar surface area (TPSA) is 20.2 Å². The maximum Gasteiger partial charge on any atom is 0.119 e. The first kappa shape index (κ1) is 16.4. The van der Waals surface area contributed by atoms with E-state index in [-0.39, 0.29) is 0 Å². The molecule has 1 nitrogen and oxygen atoms in total. The fourth-order valence-electron chi connectivity index (χ4n) is 4.12. The van der Waals surface area contributed by atoms with Crippen LogP contribution in [-0.2, 0) is 0 Å². The SMILES string of the molecule is CC1CCCCCCCCCC(C)C1c1ccccc1O. The minimum atomic E-state index is 0.494. The van der Waals surface area contributed by atoms with Crippen molar-refractivity contribution in [2.24, 2.45) is 11.8 Å². The highest BCUT2D eigenvalue weighted by Crippen LogP contribution is 2.41. The van der Waals surface area contributed by atoms with Gasteiger partial charge in [-0.2, -0.15) is 0 Å². The number of phenolic OH excluding ortho intramolecular Hbond substituents is 1. The van der Waals surface area contributed by atoms with Gasteiger partial charge in [0.15, 0.2) is 0 Å². The van der Waals surface area contributed by atoms with Gasteiger partial charge in [-0.05, 0) is 29.4 Å². The Labute approximate surface area is 130 Å². The van der Waals surface area contributed by atoms with Crippen LogP contribution in [0.15, 0.2) is 24.3 Å². The van der Waals surface area contributed by atoms with E-state index in [1.807, 2.05) is 12.1 Å². The molecule has 1 aliphatic rings. The first-order chi connectivity index (χ1) is 10.2. The molecule has 1 aliphatic carbocycles. The highest BCUT2D eigenvalue weighted by molar-refractivity contribution is 5.35. The molecule has 0 heterocycles. The van der Waals surface area contributed by atoms with E-state index in [2.05, 4.69) is 26.0 Å². The Kier molecular flexibility index (Phi) is 6.60. The van der Waals surface area contributed by atoms with Crippen LogP contribution >= 0.6 is 0 Å². The molecule has 0 aliphatic heterocycles. The molecule has 118 valence electrons. The average molecular weight is 288 g/mol. The summed E-state index contributed by atoms with van der Waals surface area (Å²) in [6.45, 7) is 4.78. The van der Waals surface area contributed by atoms with Crippen molar-refractivity contribution in [3.63, 3.8) is 0 Å².